The van der Waals surface area contributed by atoms with E-state index in [-0.39, 0.29) is 0 Å². The van der Waals surface area contributed by atoms with Gasteiger partial charge in [0.25, 0.3) is 0 Å². The van der Waals surface area contributed by atoms with E-state index >= 15 is 0 Å². The van der Waals surface area contributed by atoms with Gasteiger partial charge in [0.05, 0.1) is 17.4 Å². The fourth-order valence-corrected chi connectivity index (χ4v) is 5.47. The first-order valence-electron chi connectivity index (χ1n) is 12.4. The smallest absolute Gasteiger partial charge is 0.241 e. The molecule has 4 aromatic rings. The highest BCUT2D eigenvalue weighted by Gasteiger charge is 2.28. The van der Waals surface area contributed by atoms with Crippen LogP contribution in [0.25, 0.3) is 27.9 Å². The van der Waals surface area contributed by atoms with Crippen molar-refractivity contribution in [2.45, 2.75) is 44.7 Å². The minimum Gasteiger partial charge on any atom is -0.350 e. The Morgan fingerprint density at radius 2 is 1.74 bits per heavy atom. The lowest BCUT2D eigenvalue weighted by atomic mass is 9.90. The second-order valence-electron chi connectivity index (χ2n) is 9.89. The molecule has 0 radical (unpaired) electrons. The van der Waals surface area contributed by atoms with E-state index in [2.05, 4.69) is 38.2 Å². The third-order valence-corrected chi connectivity index (χ3v) is 7.72. The van der Waals surface area contributed by atoms with Crippen LogP contribution < -0.4 is 5.32 Å². The number of aryl methyl sites for hydroxylation is 2. The Kier molecular flexibility index (Phi) is 5.45. The van der Waals surface area contributed by atoms with Gasteiger partial charge in [0.2, 0.25) is 5.95 Å². The normalized spacial score (nSPS) is 22.6. The zero-order valence-corrected chi connectivity index (χ0v) is 20.3. The van der Waals surface area contributed by atoms with Gasteiger partial charge in [0, 0.05) is 57.1 Å². The minimum atomic E-state index is 0.438. The number of anilines is 1. The molecule has 34 heavy (non-hydrogen) atoms. The lowest BCUT2D eigenvalue weighted by Gasteiger charge is -2.41. The first-order valence-corrected chi connectivity index (χ1v) is 12.4. The fourth-order valence-electron chi connectivity index (χ4n) is 5.47. The third kappa shape index (κ3) is 3.92. The molecule has 1 saturated carbocycles. The maximum absolute atomic E-state index is 4.86. The van der Waals surface area contributed by atoms with Crippen LogP contribution in [0.2, 0.25) is 0 Å². The molecule has 1 aliphatic heterocycles. The number of hydrogen-bond acceptors (Lipinski definition) is 7. The van der Waals surface area contributed by atoms with Gasteiger partial charge in [0.15, 0.2) is 5.65 Å². The first kappa shape index (κ1) is 21.5. The van der Waals surface area contributed by atoms with E-state index in [1.54, 1.807) is 0 Å². The monoisotopic (exact) mass is 459 g/mol. The summed E-state index contributed by atoms with van der Waals surface area (Å²) in [6.07, 6.45) is 8.73. The Labute approximate surface area is 199 Å². The van der Waals surface area contributed by atoms with Crippen LogP contribution in [0, 0.1) is 6.92 Å². The molecule has 9 heteroatoms. The average Bonchev–Trinajstić information content (AvgIpc) is 3.40. The van der Waals surface area contributed by atoms with Crippen LogP contribution in [0.15, 0.2) is 30.6 Å². The molecule has 4 aromatic heterocycles. The number of rotatable bonds is 4. The van der Waals surface area contributed by atoms with Crippen LogP contribution in [-0.4, -0.2) is 84.2 Å². The Hall–Kier alpha value is -3.04. The Morgan fingerprint density at radius 1 is 0.941 bits per heavy atom. The maximum atomic E-state index is 4.86. The number of nitrogens with one attached hydrogen (secondary N) is 1. The van der Waals surface area contributed by atoms with Gasteiger partial charge < -0.3 is 14.8 Å². The topological polar surface area (TPSA) is 79.4 Å². The van der Waals surface area contributed by atoms with Crippen LogP contribution in [0.1, 0.15) is 31.5 Å². The predicted octanol–water partition coefficient (Wildman–Crippen LogP) is 2.96. The Balaban J connectivity index is 1.14. The SMILES string of the molecule is Cc1nc2ccc(-c3ccn4nc(N[C@H]5CC[C@H](N6CCN(C)CC6)CC5)ncc34)nc2n1C. The van der Waals surface area contributed by atoms with Crippen molar-refractivity contribution in [2.24, 2.45) is 7.05 Å². The van der Waals surface area contributed by atoms with Crippen LogP contribution in [0.5, 0.6) is 0 Å². The van der Waals surface area contributed by atoms with Crippen molar-refractivity contribution in [3.8, 4) is 11.3 Å². The van der Waals surface area contributed by atoms with E-state index in [1.807, 2.05) is 47.6 Å². The van der Waals surface area contributed by atoms with Crippen LogP contribution in [0.3, 0.4) is 0 Å². The number of pyridine rings is 1. The lowest BCUT2D eigenvalue weighted by Crippen LogP contribution is -2.50. The second-order valence-corrected chi connectivity index (χ2v) is 9.89. The van der Waals surface area contributed by atoms with Gasteiger partial charge in [-0.3, -0.25) is 4.90 Å². The molecule has 1 saturated heterocycles. The van der Waals surface area contributed by atoms with E-state index in [9.17, 15) is 0 Å². The molecule has 1 N–H and O–H groups in total. The number of imidazole rings is 1. The lowest BCUT2D eigenvalue weighted by molar-refractivity contribution is 0.0893. The summed E-state index contributed by atoms with van der Waals surface area (Å²) < 4.78 is 3.93. The molecule has 0 unspecified atom stereocenters. The molecular formula is C25H33N9. The zero-order valence-electron chi connectivity index (χ0n) is 20.3. The van der Waals surface area contributed by atoms with E-state index in [1.165, 1.54) is 51.9 Å². The second kappa shape index (κ2) is 8.63. The number of nitrogens with zero attached hydrogens (tertiary/aromatic N) is 8. The molecule has 178 valence electrons. The average molecular weight is 460 g/mol. The van der Waals surface area contributed by atoms with Crippen molar-refractivity contribution in [3.63, 3.8) is 0 Å². The summed E-state index contributed by atoms with van der Waals surface area (Å²) >= 11 is 0. The van der Waals surface area contributed by atoms with Gasteiger partial charge in [-0.05, 0) is 57.9 Å². The summed E-state index contributed by atoms with van der Waals surface area (Å²) in [5.74, 6) is 1.65. The molecule has 1 aliphatic carbocycles. The minimum absolute atomic E-state index is 0.438. The van der Waals surface area contributed by atoms with Crippen molar-refractivity contribution in [1.82, 2.24) is 38.9 Å². The Morgan fingerprint density at radius 3 is 2.53 bits per heavy atom. The van der Waals surface area contributed by atoms with Crippen molar-refractivity contribution < 1.29 is 0 Å². The highest BCUT2D eigenvalue weighted by molar-refractivity contribution is 5.82. The third-order valence-electron chi connectivity index (χ3n) is 7.72. The number of hydrogen-bond donors (Lipinski definition) is 1. The van der Waals surface area contributed by atoms with E-state index in [0.29, 0.717) is 12.0 Å². The summed E-state index contributed by atoms with van der Waals surface area (Å²) in [7, 11) is 4.22. The van der Waals surface area contributed by atoms with Crippen LogP contribution >= 0.6 is 0 Å². The molecule has 5 heterocycles. The van der Waals surface area contributed by atoms with Crippen molar-refractivity contribution in [3.05, 3.63) is 36.4 Å². The largest absolute Gasteiger partial charge is 0.350 e. The number of aromatic nitrogens is 6. The van der Waals surface area contributed by atoms with Gasteiger partial charge in [-0.25, -0.2) is 19.5 Å². The zero-order chi connectivity index (χ0) is 23.2. The molecular weight excluding hydrogens is 426 g/mol. The maximum Gasteiger partial charge on any atom is 0.241 e. The standard InChI is InChI=1S/C25H33N9/c1-17-27-22-9-8-21(29-24(22)32(17)3)20-10-11-34-23(20)16-26-25(30-34)28-18-4-6-19(7-5-18)33-14-12-31(2)13-15-33/h8-11,16,18-19H,4-7,12-15H2,1-3H3,(H,28,30)/t18-,19-. The van der Waals surface area contributed by atoms with Crippen molar-refractivity contribution in [2.75, 3.05) is 38.5 Å². The molecule has 0 aromatic carbocycles. The summed E-state index contributed by atoms with van der Waals surface area (Å²) in [5.41, 5.74) is 4.69. The summed E-state index contributed by atoms with van der Waals surface area (Å²) in [6, 6.07) is 7.29. The van der Waals surface area contributed by atoms with Crippen molar-refractivity contribution in [1.29, 1.82) is 0 Å². The summed E-state index contributed by atoms with van der Waals surface area (Å²) in [5, 5.41) is 8.34. The number of likely N-dealkylation sites (N-methyl/N-ethyl adjacent to an activating group) is 1. The van der Waals surface area contributed by atoms with E-state index in [4.69, 9.17) is 10.1 Å². The molecule has 0 bridgehead atoms. The quantitative estimate of drug-likeness (QED) is 0.503. The highest BCUT2D eigenvalue weighted by atomic mass is 15.3. The molecule has 0 atom stereocenters. The van der Waals surface area contributed by atoms with Crippen LogP contribution in [0.4, 0.5) is 5.95 Å². The molecule has 9 nitrogen and oxygen atoms in total. The molecule has 0 spiro atoms. The van der Waals surface area contributed by atoms with Crippen LogP contribution in [-0.2, 0) is 7.05 Å². The van der Waals surface area contributed by atoms with Crippen molar-refractivity contribution >= 4 is 22.6 Å². The van der Waals surface area contributed by atoms with E-state index in [0.717, 1.165) is 39.8 Å². The van der Waals surface area contributed by atoms with Gasteiger partial charge >= 0.3 is 0 Å². The van der Waals surface area contributed by atoms with Gasteiger partial charge in [-0.2, -0.15) is 0 Å². The predicted molar refractivity (Wildman–Crippen MR) is 134 cm³/mol. The Bertz CT molecular complexity index is 1310. The van der Waals surface area contributed by atoms with Gasteiger partial charge in [-0.1, -0.05) is 0 Å². The molecule has 0 amide bonds. The molecule has 2 fully saturated rings. The van der Waals surface area contributed by atoms with Gasteiger partial charge in [-0.15, -0.1) is 5.10 Å². The fraction of sp³-hybridized carbons (Fsp3) is 0.520. The highest BCUT2D eigenvalue weighted by Crippen LogP contribution is 2.28. The van der Waals surface area contributed by atoms with Gasteiger partial charge in [0.1, 0.15) is 11.3 Å². The first-order chi connectivity index (χ1) is 16.5. The van der Waals surface area contributed by atoms with E-state index < -0.39 is 0 Å². The summed E-state index contributed by atoms with van der Waals surface area (Å²) in [6.45, 7) is 6.79. The number of fused-ring (bicyclic) bond motifs is 2. The summed E-state index contributed by atoms with van der Waals surface area (Å²) in [4.78, 5) is 19.2. The molecule has 6 rings (SSSR count). The number of piperazine rings is 1. The molecule has 2 aliphatic rings.